The maximum absolute atomic E-state index is 12.2. The van der Waals surface area contributed by atoms with Gasteiger partial charge >= 0.3 is 5.97 Å². The van der Waals surface area contributed by atoms with Crippen molar-refractivity contribution in [1.82, 2.24) is 4.90 Å². The number of benzene rings is 1. The van der Waals surface area contributed by atoms with Gasteiger partial charge in [0, 0.05) is 20.0 Å². The molecule has 22 heavy (non-hydrogen) atoms. The van der Waals surface area contributed by atoms with Gasteiger partial charge in [-0.15, -0.1) is 0 Å². The molecule has 0 bridgehead atoms. The molecule has 7 heteroatoms. The number of ether oxygens (including phenoxy) is 1. The Morgan fingerprint density at radius 1 is 1.36 bits per heavy atom. The quantitative estimate of drug-likeness (QED) is 0.866. The van der Waals surface area contributed by atoms with Crippen molar-refractivity contribution in [2.45, 2.75) is 19.4 Å². The summed E-state index contributed by atoms with van der Waals surface area (Å²) in [5.41, 5.74) is 0.624. The largest absolute Gasteiger partial charge is 0.480 e. The first-order chi connectivity index (χ1) is 10.4. The summed E-state index contributed by atoms with van der Waals surface area (Å²) in [6.45, 7) is 1.48. The number of amides is 2. The maximum atomic E-state index is 12.2. The van der Waals surface area contributed by atoms with E-state index in [0.717, 1.165) is 4.90 Å². The molecule has 0 fully saturated rings. The number of aliphatic carboxylic acids is 1. The van der Waals surface area contributed by atoms with Gasteiger partial charge in [0.2, 0.25) is 5.91 Å². The second-order valence-electron chi connectivity index (χ2n) is 5.11. The summed E-state index contributed by atoms with van der Waals surface area (Å²) >= 11 is 0. The van der Waals surface area contributed by atoms with Crippen LogP contribution < -0.4 is 9.64 Å². The van der Waals surface area contributed by atoms with Crippen molar-refractivity contribution in [3.8, 4) is 5.75 Å². The Kier molecular flexibility index (Phi) is 4.65. The van der Waals surface area contributed by atoms with Gasteiger partial charge in [0.25, 0.3) is 5.91 Å². The lowest BCUT2D eigenvalue weighted by Crippen LogP contribution is -2.46. The van der Waals surface area contributed by atoms with Gasteiger partial charge in [0.1, 0.15) is 12.3 Å². The first-order valence-corrected chi connectivity index (χ1v) is 6.93. The molecule has 1 N–H and O–H groups in total. The van der Waals surface area contributed by atoms with Crippen LogP contribution in [0.2, 0.25) is 0 Å². The Hall–Kier alpha value is -2.57. The highest BCUT2D eigenvalue weighted by atomic mass is 16.5. The molecule has 0 aromatic heterocycles. The average molecular weight is 306 g/mol. The lowest BCUT2D eigenvalue weighted by atomic mass is 10.1. The molecule has 0 spiro atoms. The minimum Gasteiger partial charge on any atom is -0.480 e. The molecule has 2 rings (SSSR count). The van der Waals surface area contributed by atoms with Crippen LogP contribution in [0.15, 0.2) is 24.3 Å². The molecule has 0 radical (unpaired) electrons. The van der Waals surface area contributed by atoms with E-state index in [2.05, 4.69) is 0 Å². The van der Waals surface area contributed by atoms with Crippen molar-refractivity contribution < 1.29 is 24.2 Å². The van der Waals surface area contributed by atoms with Crippen LogP contribution in [-0.4, -0.2) is 54.0 Å². The summed E-state index contributed by atoms with van der Waals surface area (Å²) in [6.07, 6.45) is -0.557. The highest BCUT2D eigenvalue weighted by molar-refractivity contribution is 6.00. The van der Waals surface area contributed by atoms with E-state index in [1.165, 1.54) is 11.9 Å². The first-order valence-electron chi connectivity index (χ1n) is 6.93. The summed E-state index contributed by atoms with van der Waals surface area (Å²) in [5.74, 6) is -1.02. The van der Waals surface area contributed by atoms with Crippen LogP contribution in [0, 0.1) is 0 Å². The van der Waals surface area contributed by atoms with Gasteiger partial charge in [0.05, 0.1) is 5.69 Å². The van der Waals surface area contributed by atoms with E-state index in [4.69, 9.17) is 9.84 Å². The Labute approximate surface area is 128 Å². The SMILES string of the molecule is CC1Oc2ccccc2N(CCC(=O)N(C)CC(=O)O)C1=O. The molecule has 1 atom stereocenters. The third kappa shape index (κ3) is 3.36. The number of hydrogen-bond donors (Lipinski definition) is 1. The number of nitrogens with zero attached hydrogens (tertiary/aromatic N) is 2. The molecule has 1 aromatic carbocycles. The van der Waals surface area contributed by atoms with Crippen molar-refractivity contribution in [2.75, 3.05) is 25.0 Å². The van der Waals surface area contributed by atoms with Crippen molar-refractivity contribution in [3.05, 3.63) is 24.3 Å². The van der Waals surface area contributed by atoms with E-state index in [9.17, 15) is 14.4 Å². The number of rotatable bonds is 5. The fraction of sp³-hybridized carbons (Fsp3) is 0.400. The number of carboxylic acid groups (broad SMARTS) is 1. The first kappa shape index (κ1) is 15.8. The van der Waals surface area contributed by atoms with E-state index in [1.54, 1.807) is 25.1 Å². The molecular formula is C15H18N2O5. The van der Waals surface area contributed by atoms with Crippen LogP contribution in [0.3, 0.4) is 0 Å². The van der Waals surface area contributed by atoms with Gasteiger partial charge in [0.15, 0.2) is 6.10 Å². The fourth-order valence-electron chi connectivity index (χ4n) is 2.28. The van der Waals surface area contributed by atoms with Crippen molar-refractivity contribution in [2.24, 2.45) is 0 Å². The number of likely N-dealkylation sites (N-methyl/N-ethyl adjacent to an activating group) is 1. The van der Waals surface area contributed by atoms with Gasteiger partial charge < -0.3 is 19.6 Å². The summed E-state index contributed by atoms with van der Waals surface area (Å²) < 4.78 is 5.52. The smallest absolute Gasteiger partial charge is 0.323 e. The van der Waals surface area contributed by atoms with E-state index in [1.807, 2.05) is 6.07 Å². The molecular weight excluding hydrogens is 288 g/mol. The molecule has 7 nitrogen and oxygen atoms in total. The van der Waals surface area contributed by atoms with Gasteiger partial charge in [-0.05, 0) is 19.1 Å². The summed E-state index contributed by atoms with van der Waals surface area (Å²) in [4.78, 5) is 37.4. The Balaban J connectivity index is 2.07. The number of para-hydroxylation sites is 2. The van der Waals surface area contributed by atoms with Crippen molar-refractivity contribution in [1.29, 1.82) is 0 Å². The highest BCUT2D eigenvalue weighted by Crippen LogP contribution is 2.33. The van der Waals surface area contributed by atoms with Gasteiger partial charge in [-0.25, -0.2) is 0 Å². The molecule has 1 heterocycles. The normalized spacial score (nSPS) is 16.7. The minimum absolute atomic E-state index is 0.0522. The highest BCUT2D eigenvalue weighted by Gasteiger charge is 2.31. The molecule has 0 aliphatic carbocycles. The monoisotopic (exact) mass is 306 g/mol. The lowest BCUT2D eigenvalue weighted by molar-refractivity contribution is -0.143. The zero-order valence-corrected chi connectivity index (χ0v) is 12.5. The summed E-state index contributed by atoms with van der Waals surface area (Å²) in [6, 6.07) is 7.12. The van der Waals surface area contributed by atoms with Crippen LogP contribution in [0.1, 0.15) is 13.3 Å². The number of carbonyl (C=O) groups excluding carboxylic acids is 2. The van der Waals surface area contributed by atoms with Crippen LogP contribution in [-0.2, 0) is 14.4 Å². The number of fused-ring (bicyclic) bond motifs is 1. The second kappa shape index (κ2) is 6.46. The predicted octanol–water partition coefficient (Wildman–Crippen LogP) is 0.734. The molecule has 1 unspecified atom stereocenters. The molecule has 1 aliphatic heterocycles. The van der Waals surface area contributed by atoms with Crippen molar-refractivity contribution >= 4 is 23.5 Å². The molecule has 2 amide bonds. The Bertz CT molecular complexity index is 601. The van der Waals surface area contributed by atoms with E-state index < -0.39 is 12.1 Å². The number of carbonyl (C=O) groups is 3. The molecule has 1 aromatic rings. The summed E-state index contributed by atoms with van der Waals surface area (Å²) in [7, 11) is 1.42. The lowest BCUT2D eigenvalue weighted by Gasteiger charge is -2.33. The minimum atomic E-state index is -1.07. The van der Waals surface area contributed by atoms with E-state index >= 15 is 0 Å². The fourth-order valence-corrected chi connectivity index (χ4v) is 2.28. The molecule has 0 saturated heterocycles. The third-order valence-corrected chi connectivity index (χ3v) is 3.42. The van der Waals surface area contributed by atoms with Gasteiger partial charge in [-0.3, -0.25) is 14.4 Å². The maximum Gasteiger partial charge on any atom is 0.323 e. The van der Waals surface area contributed by atoms with E-state index in [-0.39, 0.29) is 31.3 Å². The van der Waals surface area contributed by atoms with Gasteiger partial charge in [-0.2, -0.15) is 0 Å². The van der Waals surface area contributed by atoms with Crippen LogP contribution >= 0.6 is 0 Å². The molecule has 118 valence electrons. The average Bonchev–Trinajstić information content (AvgIpc) is 2.46. The molecule has 1 aliphatic rings. The number of anilines is 1. The number of carboxylic acids is 1. The van der Waals surface area contributed by atoms with Crippen LogP contribution in [0.4, 0.5) is 5.69 Å². The zero-order valence-electron chi connectivity index (χ0n) is 12.5. The van der Waals surface area contributed by atoms with Crippen LogP contribution in [0.5, 0.6) is 5.75 Å². The number of hydrogen-bond acceptors (Lipinski definition) is 4. The third-order valence-electron chi connectivity index (χ3n) is 3.42. The topological polar surface area (TPSA) is 87.2 Å². The van der Waals surface area contributed by atoms with Crippen LogP contribution in [0.25, 0.3) is 0 Å². The standard InChI is InChI=1S/C15H18N2O5/c1-10-15(21)17(11-5-3-4-6-12(11)22-10)8-7-13(18)16(2)9-14(19)20/h3-6,10H,7-9H2,1-2H3,(H,19,20). The Morgan fingerprint density at radius 2 is 2.05 bits per heavy atom. The predicted molar refractivity (Wildman–Crippen MR) is 78.8 cm³/mol. The summed E-state index contributed by atoms with van der Waals surface area (Å²) in [5, 5.41) is 8.68. The molecule has 0 saturated carbocycles. The second-order valence-corrected chi connectivity index (χ2v) is 5.11. The Morgan fingerprint density at radius 3 is 2.73 bits per heavy atom. The van der Waals surface area contributed by atoms with E-state index in [0.29, 0.717) is 11.4 Å². The van der Waals surface area contributed by atoms with Gasteiger partial charge in [-0.1, -0.05) is 12.1 Å². The zero-order chi connectivity index (χ0) is 16.3. The van der Waals surface area contributed by atoms with Crippen molar-refractivity contribution in [3.63, 3.8) is 0 Å².